The van der Waals surface area contributed by atoms with Crippen LogP contribution in [-0.2, 0) is 11.3 Å². The van der Waals surface area contributed by atoms with Crippen molar-refractivity contribution in [2.75, 3.05) is 0 Å². The summed E-state index contributed by atoms with van der Waals surface area (Å²) in [5, 5.41) is 8.42. The largest absolute Gasteiger partial charge is 0.301 e. The number of aryl methyl sites for hydroxylation is 1. The molecule has 1 aliphatic heterocycles. The van der Waals surface area contributed by atoms with Gasteiger partial charge in [0.15, 0.2) is 5.17 Å². The van der Waals surface area contributed by atoms with Crippen LogP contribution in [0.4, 0.5) is 4.39 Å². The smallest absolute Gasteiger partial charge is 0.264 e. The highest BCUT2D eigenvalue weighted by molar-refractivity contribution is 8.18. The molecule has 1 amide bonds. The Bertz CT molecular complexity index is 961. The quantitative estimate of drug-likeness (QED) is 0.742. The van der Waals surface area contributed by atoms with Crippen molar-refractivity contribution in [2.45, 2.75) is 45.2 Å². The Morgan fingerprint density at radius 1 is 1.36 bits per heavy atom. The highest BCUT2D eigenvalue weighted by Gasteiger charge is 2.26. The van der Waals surface area contributed by atoms with E-state index in [9.17, 15) is 9.18 Å². The average Bonchev–Trinajstić information content (AvgIpc) is 3.35. The first-order valence-corrected chi connectivity index (χ1v) is 10.4. The van der Waals surface area contributed by atoms with Crippen molar-refractivity contribution < 1.29 is 9.18 Å². The molecule has 0 spiro atoms. The van der Waals surface area contributed by atoms with Crippen LogP contribution in [0.3, 0.4) is 0 Å². The normalized spacial score (nSPS) is 20.5. The van der Waals surface area contributed by atoms with E-state index in [-0.39, 0.29) is 11.7 Å². The van der Waals surface area contributed by atoms with Crippen molar-refractivity contribution in [1.29, 1.82) is 0 Å². The molecule has 1 aromatic heterocycles. The molecule has 8 heteroatoms. The fourth-order valence-electron chi connectivity index (χ4n) is 3.42. The maximum absolute atomic E-state index is 13.1. The Morgan fingerprint density at radius 2 is 2.07 bits per heavy atom. The molecule has 5 nitrogen and oxygen atoms in total. The van der Waals surface area contributed by atoms with Crippen LogP contribution in [0, 0.1) is 12.7 Å². The number of benzene rings is 1. The van der Waals surface area contributed by atoms with E-state index in [1.54, 1.807) is 22.9 Å². The maximum atomic E-state index is 13.1. The summed E-state index contributed by atoms with van der Waals surface area (Å²) in [6, 6.07) is 6.53. The molecular weight excluding hydrogens is 399 g/mol. The molecule has 1 saturated carbocycles. The molecule has 0 radical (unpaired) electrons. The number of carbonyl (C=O) groups is 1. The summed E-state index contributed by atoms with van der Waals surface area (Å²) >= 11 is 7.87. The zero-order chi connectivity index (χ0) is 19.7. The van der Waals surface area contributed by atoms with Crippen LogP contribution in [0.25, 0.3) is 6.08 Å². The van der Waals surface area contributed by atoms with Gasteiger partial charge in [-0.3, -0.25) is 9.79 Å². The number of aromatic nitrogens is 2. The van der Waals surface area contributed by atoms with Gasteiger partial charge in [-0.05, 0) is 55.3 Å². The topological polar surface area (TPSA) is 59.3 Å². The van der Waals surface area contributed by atoms with Gasteiger partial charge < -0.3 is 5.32 Å². The van der Waals surface area contributed by atoms with Gasteiger partial charge in [-0.1, -0.05) is 36.6 Å². The zero-order valence-corrected chi connectivity index (χ0v) is 17.0. The fraction of sp³-hybridized carbons (Fsp3) is 0.350. The van der Waals surface area contributed by atoms with E-state index in [2.05, 4.69) is 15.4 Å². The minimum Gasteiger partial charge on any atom is -0.301 e. The number of halogens is 2. The molecule has 28 heavy (non-hydrogen) atoms. The highest BCUT2D eigenvalue weighted by Crippen LogP contribution is 2.31. The van der Waals surface area contributed by atoms with Gasteiger partial charge in [-0.15, -0.1) is 0 Å². The lowest BCUT2D eigenvalue weighted by Gasteiger charge is -2.03. The Morgan fingerprint density at radius 3 is 2.79 bits per heavy atom. The molecule has 0 atom stereocenters. The third kappa shape index (κ3) is 4.15. The second-order valence-corrected chi connectivity index (χ2v) is 8.40. The number of thioether (sulfide) groups is 1. The van der Waals surface area contributed by atoms with E-state index in [4.69, 9.17) is 11.6 Å². The number of amides is 1. The Labute approximate surface area is 172 Å². The monoisotopic (exact) mass is 418 g/mol. The van der Waals surface area contributed by atoms with E-state index >= 15 is 0 Å². The molecule has 1 N–H and O–H groups in total. The zero-order valence-electron chi connectivity index (χ0n) is 15.4. The van der Waals surface area contributed by atoms with Crippen LogP contribution in [0.15, 0.2) is 34.2 Å². The highest BCUT2D eigenvalue weighted by atomic mass is 35.5. The fourth-order valence-corrected chi connectivity index (χ4v) is 4.58. The number of hydrogen-bond acceptors (Lipinski definition) is 4. The molecule has 1 aliphatic carbocycles. The minimum absolute atomic E-state index is 0.163. The Kier molecular flexibility index (Phi) is 5.55. The average molecular weight is 419 g/mol. The van der Waals surface area contributed by atoms with Gasteiger partial charge >= 0.3 is 0 Å². The van der Waals surface area contributed by atoms with Crippen molar-refractivity contribution in [1.82, 2.24) is 15.1 Å². The molecule has 0 bridgehead atoms. The summed E-state index contributed by atoms with van der Waals surface area (Å²) in [5.41, 5.74) is 2.33. The van der Waals surface area contributed by atoms with Crippen LogP contribution in [0.5, 0.6) is 0 Å². The molecule has 1 aromatic carbocycles. The lowest BCUT2D eigenvalue weighted by molar-refractivity contribution is -0.115. The SMILES string of the molecule is Cc1nn(Cc2ccc(F)cc2)c(Cl)c1/C=C1\SC(=NC2CCCC2)NC1=O. The van der Waals surface area contributed by atoms with Gasteiger partial charge in [-0.25, -0.2) is 9.07 Å². The van der Waals surface area contributed by atoms with Crippen molar-refractivity contribution >= 4 is 40.5 Å². The number of hydrogen-bond donors (Lipinski definition) is 1. The van der Waals surface area contributed by atoms with Crippen molar-refractivity contribution in [2.24, 2.45) is 4.99 Å². The van der Waals surface area contributed by atoms with Gasteiger partial charge in [-0.2, -0.15) is 5.10 Å². The second kappa shape index (κ2) is 8.09. The molecule has 2 aliphatic rings. The lowest BCUT2D eigenvalue weighted by atomic mass is 10.2. The van der Waals surface area contributed by atoms with Crippen molar-refractivity contribution in [3.8, 4) is 0 Å². The molecule has 2 fully saturated rings. The van der Waals surface area contributed by atoms with Crippen LogP contribution in [0.2, 0.25) is 5.15 Å². The van der Waals surface area contributed by atoms with Gasteiger partial charge in [0.1, 0.15) is 11.0 Å². The molecule has 2 heterocycles. The summed E-state index contributed by atoms with van der Waals surface area (Å²) in [6.07, 6.45) is 6.33. The third-order valence-corrected chi connectivity index (χ3v) is 6.23. The van der Waals surface area contributed by atoms with Crippen molar-refractivity contribution in [3.63, 3.8) is 0 Å². The summed E-state index contributed by atoms with van der Waals surface area (Å²) < 4.78 is 14.7. The number of nitrogens with zero attached hydrogens (tertiary/aromatic N) is 3. The molecule has 0 unspecified atom stereocenters. The number of aliphatic imine (C=N–C) groups is 1. The summed E-state index contributed by atoms with van der Waals surface area (Å²) in [5.74, 6) is -0.445. The third-order valence-electron chi connectivity index (χ3n) is 4.91. The van der Waals surface area contributed by atoms with E-state index in [0.717, 1.165) is 24.1 Å². The first kappa shape index (κ1) is 19.2. The van der Waals surface area contributed by atoms with Crippen LogP contribution < -0.4 is 5.32 Å². The van der Waals surface area contributed by atoms with E-state index in [1.807, 2.05) is 6.92 Å². The minimum atomic E-state index is -0.281. The molecule has 2 aromatic rings. The van der Waals surface area contributed by atoms with Gasteiger partial charge in [0, 0.05) is 5.56 Å². The number of rotatable bonds is 4. The van der Waals surface area contributed by atoms with Crippen molar-refractivity contribution in [3.05, 3.63) is 57.0 Å². The maximum Gasteiger partial charge on any atom is 0.264 e. The molecule has 1 saturated heterocycles. The van der Waals surface area contributed by atoms with Crippen LogP contribution in [0.1, 0.15) is 42.5 Å². The Balaban J connectivity index is 1.55. The van der Waals surface area contributed by atoms with E-state index in [0.29, 0.717) is 33.4 Å². The second-order valence-electron chi connectivity index (χ2n) is 7.01. The summed E-state index contributed by atoms with van der Waals surface area (Å²) in [7, 11) is 0. The summed E-state index contributed by atoms with van der Waals surface area (Å²) in [6.45, 7) is 2.28. The lowest BCUT2D eigenvalue weighted by Crippen LogP contribution is -2.21. The standard InChI is InChI=1S/C20H20ClFN4OS/c1-12-16(18(21)26(25-12)11-13-6-8-14(22)9-7-13)10-17-19(27)24-20(28-17)23-15-4-2-3-5-15/h6-10,15H,2-5,11H2,1H3,(H,23,24,27)/b17-10-. The number of nitrogens with one attached hydrogen (secondary N) is 1. The molecule has 4 rings (SSSR count). The molecular formula is C20H20ClFN4OS. The van der Waals surface area contributed by atoms with Crippen LogP contribution >= 0.6 is 23.4 Å². The van der Waals surface area contributed by atoms with Gasteiger partial charge in [0.05, 0.1) is 23.2 Å². The molecule has 146 valence electrons. The van der Waals surface area contributed by atoms with Gasteiger partial charge in [0.2, 0.25) is 0 Å². The van der Waals surface area contributed by atoms with Crippen LogP contribution in [-0.4, -0.2) is 26.9 Å². The predicted octanol–water partition coefficient (Wildman–Crippen LogP) is 4.53. The van der Waals surface area contributed by atoms with E-state index < -0.39 is 0 Å². The number of carbonyl (C=O) groups excluding carboxylic acids is 1. The summed E-state index contributed by atoms with van der Waals surface area (Å²) in [4.78, 5) is 17.5. The van der Waals surface area contributed by atoms with E-state index in [1.165, 1.54) is 36.7 Å². The van der Waals surface area contributed by atoms with Gasteiger partial charge in [0.25, 0.3) is 5.91 Å². The Hall–Kier alpha value is -2.12. The number of amidine groups is 1. The predicted molar refractivity (Wildman–Crippen MR) is 111 cm³/mol. The first-order chi connectivity index (χ1) is 13.5. The first-order valence-electron chi connectivity index (χ1n) is 9.25.